The van der Waals surface area contributed by atoms with Gasteiger partial charge in [-0.3, -0.25) is 10.8 Å². The minimum absolute atomic E-state index is 0.229. The molecule has 2 rings (SSSR count). The molecule has 1 atom stereocenters. The highest BCUT2D eigenvalue weighted by molar-refractivity contribution is 5.30. The van der Waals surface area contributed by atoms with Crippen molar-refractivity contribution in [2.75, 3.05) is 7.11 Å². The highest BCUT2D eigenvalue weighted by atomic mass is 16.5. The van der Waals surface area contributed by atoms with Gasteiger partial charge in [0.2, 0.25) is 0 Å². The van der Waals surface area contributed by atoms with Crippen LogP contribution >= 0.6 is 0 Å². The van der Waals surface area contributed by atoms with Gasteiger partial charge in [0.1, 0.15) is 23.3 Å². The molecule has 0 spiro atoms. The van der Waals surface area contributed by atoms with E-state index >= 15 is 0 Å². The number of hydrogen-bond acceptors (Lipinski definition) is 5. The van der Waals surface area contributed by atoms with Crippen molar-refractivity contribution >= 4 is 0 Å². The number of hydrogen-bond donors (Lipinski definition) is 2. The molecule has 5 heteroatoms. The molecule has 0 aromatic carbocycles. The van der Waals surface area contributed by atoms with Crippen molar-refractivity contribution in [2.45, 2.75) is 19.4 Å². The van der Waals surface area contributed by atoms with Gasteiger partial charge in [0.15, 0.2) is 0 Å². The monoisotopic (exact) mass is 247 g/mol. The predicted molar refractivity (Wildman–Crippen MR) is 68.0 cm³/mol. The Morgan fingerprint density at radius 2 is 2.28 bits per heavy atom. The zero-order valence-electron chi connectivity index (χ0n) is 10.5. The van der Waals surface area contributed by atoms with Gasteiger partial charge >= 0.3 is 0 Å². The van der Waals surface area contributed by atoms with Crippen molar-refractivity contribution in [1.29, 1.82) is 0 Å². The van der Waals surface area contributed by atoms with Crippen LogP contribution in [-0.2, 0) is 6.42 Å². The fraction of sp³-hybridized carbons (Fsp3) is 0.308. The summed E-state index contributed by atoms with van der Waals surface area (Å²) in [6, 6.07) is 5.52. The molecule has 0 radical (unpaired) electrons. The van der Waals surface area contributed by atoms with Crippen LogP contribution in [0.5, 0.6) is 5.75 Å². The summed E-state index contributed by atoms with van der Waals surface area (Å²) in [5, 5.41) is 0. The Labute approximate surface area is 106 Å². The van der Waals surface area contributed by atoms with Gasteiger partial charge in [0, 0.05) is 12.6 Å². The first-order valence-electron chi connectivity index (χ1n) is 5.82. The maximum atomic E-state index is 5.70. The lowest BCUT2D eigenvalue weighted by Crippen LogP contribution is -2.28. The molecule has 2 aromatic heterocycles. The number of methoxy groups -OCH3 is 1. The summed E-state index contributed by atoms with van der Waals surface area (Å²) < 4.78 is 10.9. The van der Waals surface area contributed by atoms with E-state index in [0.717, 1.165) is 23.5 Å². The van der Waals surface area contributed by atoms with Gasteiger partial charge in [-0.1, -0.05) is 6.92 Å². The summed E-state index contributed by atoms with van der Waals surface area (Å²) in [5.41, 5.74) is 3.63. The first-order chi connectivity index (χ1) is 8.78. The molecule has 0 fully saturated rings. The van der Waals surface area contributed by atoms with Gasteiger partial charge in [-0.05, 0) is 23.8 Å². The van der Waals surface area contributed by atoms with Gasteiger partial charge in [-0.15, -0.1) is 0 Å². The number of rotatable bonds is 5. The van der Waals surface area contributed by atoms with E-state index in [9.17, 15) is 0 Å². The number of ether oxygens (including phenoxy) is 1. The van der Waals surface area contributed by atoms with Crippen molar-refractivity contribution in [1.82, 2.24) is 10.4 Å². The summed E-state index contributed by atoms with van der Waals surface area (Å²) in [6.07, 6.45) is 4.24. The van der Waals surface area contributed by atoms with E-state index in [1.807, 2.05) is 25.1 Å². The summed E-state index contributed by atoms with van der Waals surface area (Å²) >= 11 is 0. The van der Waals surface area contributed by atoms with E-state index in [4.69, 9.17) is 15.0 Å². The van der Waals surface area contributed by atoms with Crippen LogP contribution in [0.3, 0.4) is 0 Å². The van der Waals surface area contributed by atoms with Crippen LogP contribution in [0.4, 0.5) is 0 Å². The number of nitrogens with zero attached hydrogens (tertiary/aromatic N) is 1. The van der Waals surface area contributed by atoms with Crippen LogP contribution in [0.2, 0.25) is 0 Å². The highest BCUT2D eigenvalue weighted by Crippen LogP contribution is 2.25. The summed E-state index contributed by atoms with van der Waals surface area (Å²) in [7, 11) is 1.60. The lowest BCUT2D eigenvalue weighted by molar-refractivity contribution is 0.406. The second kappa shape index (κ2) is 5.66. The molecule has 0 aliphatic heterocycles. The first kappa shape index (κ1) is 12.6. The molecule has 1 unspecified atom stereocenters. The molecule has 2 heterocycles. The van der Waals surface area contributed by atoms with E-state index in [1.54, 1.807) is 19.5 Å². The average molecular weight is 247 g/mol. The van der Waals surface area contributed by atoms with Gasteiger partial charge in [-0.2, -0.15) is 0 Å². The summed E-state index contributed by atoms with van der Waals surface area (Å²) in [6.45, 7) is 2.04. The molecule has 0 aliphatic carbocycles. The smallest absolute Gasteiger partial charge is 0.137 e. The minimum atomic E-state index is -0.229. The Morgan fingerprint density at radius 3 is 2.89 bits per heavy atom. The molecule has 96 valence electrons. The second-order valence-electron chi connectivity index (χ2n) is 3.92. The van der Waals surface area contributed by atoms with Crippen LogP contribution in [0.1, 0.15) is 30.0 Å². The van der Waals surface area contributed by atoms with E-state index in [0.29, 0.717) is 5.75 Å². The molecule has 0 bridgehead atoms. The highest BCUT2D eigenvalue weighted by Gasteiger charge is 2.17. The third-order valence-electron chi connectivity index (χ3n) is 2.79. The number of nitrogens with one attached hydrogen (secondary N) is 1. The molecular formula is C13H17N3O2. The average Bonchev–Trinajstić information content (AvgIpc) is 2.88. The van der Waals surface area contributed by atoms with Crippen LogP contribution in [0.25, 0.3) is 0 Å². The molecule has 0 saturated carbocycles. The van der Waals surface area contributed by atoms with Gasteiger partial charge in [0.05, 0.1) is 13.3 Å². The van der Waals surface area contributed by atoms with Gasteiger partial charge < -0.3 is 9.15 Å². The molecule has 18 heavy (non-hydrogen) atoms. The SMILES string of the molecule is CCc1ccc(C(NN)c2cncc(OC)c2)o1. The molecular weight excluding hydrogens is 230 g/mol. The number of hydrazine groups is 1. The molecule has 3 N–H and O–H groups in total. The van der Waals surface area contributed by atoms with Crippen LogP contribution in [0.15, 0.2) is 35.0 Å². The van der Waals surface area contributed by atoms with Crippen molar-refractivity contribution in [3.63, 3.8) is 0 Å². The predicted octanol–water partition coefficient (Wildman–Crippen LogP) is 1.80. The Balaban J connectivity index is 2.32. The maximum absolute atomic E-state index is 5.70. The third-order valence-corrected chi connectivity index (χ3v) is 2.79. The quantitative estimate of drug-likeness (QED) is 0.622. The number of furan rings is 1. The fourth-order valence-corrected chi connectivity index (χ4v) is 1.79. The third kappa shape index (κ3) is 2.52. The molecule has 2 aromatic rings. The van der Waals surface area contributed by atoms with Crippen LogP contribution in [0, 0.1) is 0 Å². The zero-order valence-corrected chi connectivity index (χ0v) is 10.5. The van der Waals surface area contributed by atoms with Gasteiger partial charge in [0.25, 0.3) is 0 Å². The fourth-order valence-electron chi connectivity index (χ4n) is 1.79. The second-order valence-corrected chi connectivity index (χ2v) is 3.92. The Hall–Kier alpha value is -1.85. The van der Waals surface area contributed by atoms with Crippen molar-refractivity contribution in [2.24, 2.45) is 5.84 Å². The number of aromatic nitrogens is 1. The molecule has 0 saturated heterocycles. The summed E-state index contributed by atoms with van der Waals surface area (Å²) in [5.74, 6) is 7.99. The Bertz CT molecular complexity index is 510. The lowest BCUT2D eigenvalue weighted by atomic mass is 10.1. The first-order valence-corrected chi connectivity index (χ1v) is 5.82. The van der Waals surface area contributed by atoms with E-state index in [2.05, 4.69) is 10.4 Å². The van der Waals surface area contributed by atoms with E-state index < -0.39 is 0 Å². The standard InChI is InChI=1S/C13H17N3O2/c1-3-10-4-5-12(18-10)13(16-14)9-6-11(17-2)8-15-7-9/h4-8,13,16H,3,14H2,1-2H3. The Kier molecular flexibility index (Phi) is 3.96. The Morgan fingerprint density at radius 1 is 1.44 bits per heavy atom. The topological polar surface area (TPSA) is 73.3 Å². The summed E-state index contributed by atoms with van der Waals surface area (Å²) in [4.78, 5) is 4.11. The minimum Gasteiger partial charge on any atom is -0.495 e. The molecule has 5 nitrogen and oxygen atoms in total. The van der Waals surface area contributed by atoms with Crippen molar-refractivity contribution < 1.29 is 9.15 Å². The number of aryl methyl sites for hydroxylation is 1. The van der Waals surface area contributed by atoms with Crippen molar-refractivity contribution in [3.05, 3.63) is 47.7 Å². The van der Waals surface area contributed by atoms with E-state index in [-0.39, 0.29) is 6.04 Å². The van der Waals surface area contributed by atoms with Crippen LogP contribution < -0.4 is 16.0 Å². The normalized spacial score (nSPS) is 12.4. The zero-order chi connectivity index (χ0) is 13.0. The largest absolute Gasteiger partial charge is 0.495 e. The molecule has 0 amide bonds. The van der Waals surface area contributed by atoms with Crippen LogP contribution in [-0.4, -0.2) is 12.1 Å². The van der Waals surface area contributed by atoms with E-state index in [1.165, 1.54) is 0 Å². The van der Waals surface area contributed by atoms with Crippen molar-refractivity contribution in [3.8, 4) is 5.75 Å². The molecule has 0 aliphatic rings. The maximum Gasteiger partial charge on any atom is 0.137 e. The number of pyridine rings is 1. The van der Waals surface area contributed by atoms with Gasteiger partial charge in [-0.25, -0.2) is 5.43 Å². The number of nitrogens with two attached hydrogens (primary N) is 1. The lowest BCUT2D eigenvalue weighted by Gasteiger charge is -2.14.